The lowest BCUT2D eigenvalue weighted by atomic mass is 10.5. The fraction of sp³-hybridized carbons (Fsp3) is 0.636. The second-order valence-electron chi connectivity index (χ2n) is 3.42. The van der Waals surface area contributed by atoms with Crippen molar-refractivity contribution in [3.8, 4) is 0 Å². The highest BCUT2D eigenvalue weighted by atomic mass is 127. The molecule has 1 aromatic rings. The first kappa shape index (κ1) is 18.9. The van der Waals surface area contributed by atoms with Crippen LogP contribution in [0.5, 0.6) is 0 Å². The van der Waals surface area contributed by atoms with Crippen LogP contribution in [0, 0.1) is 0 Å². The van der Waals surface area contributed by atoms with Crippen LogP contribution in [0.2, 0.25) is 0 Å². The molecule has 8 heteroatoms. The summed E-state index contributed by atoms with van der Waals surface area (Å²) in [7, 11) is 3.46. The van der Waals surface area contributed by atoms with Crippen molar-refractivity contribution >= 4 is 53.0 Å². The number of nitrogens with zero attached hydrogens (tertiary/aromatic N) is 2. The molecule has 0 radical (unpaired) electrons. The predicted molar refractivity (Wildman–Crippen MR) is 94.1 cm³/mol. The molecule has 1 aromatic heterocycles. The third-order valence-corrected chi connectivity index (χ3v) is 4.12. The molecule has 5 nitrogen and oxygen atoms in total. The summed E-state index contributed by atoms with van der Waals surface area (Å²) in [5.41, 5.74) is 0. The van der Waals surface area contributed by atoms with E-state index < -0.39 is 0 Å². The molecule has 0 bridgehead atoms. The zero-order chi connectivity index (χ0) is 13.1. The summed E-state index contributed by atoms with van der Waals surface area (Å²) >= 11 is 3.48. The van der Waals surface area contributed by atoms with Crippen LogP contribution < -0.4 is 10.6 Å². The first-order chi connectivity index (χ1) is 8.86. The van der Waals surface area contributed by atoms with E-state index in [-0.39, 0.29) is 24.0 Å². The summed E-state index contributed by atoms with van der Waals surface area (Å²) in [5.74, 6) is 1.89. The predicted octanol–water partition coefficient (Wildman–Crippen LogP) is 2.05. The van der Waals surface area contributed by atoms with Gasteiger partial charge in [-0.1, -0.05) is 11.8 Å². The molecule has 0 fully saturated rings. The zero-order valence-corrected chi connectivity index (χ0v) is 15.2. The Labute approximate surface area is 140 Å². The number of thiazole rings is 1. The lowest BCUT2D eigenvalue weighted by molar-refractivity contribution is 0.203. The van der Waals surface area contributed by atoms with E-state index >= 15 is 0 Å². The van der Waals surface area contributed by atoms with E-state index in [9.17, 15) is 0 Å². The number of rotatable bonds is 8. The van der Waals surface area contributed by atoms with E-state index in [4.69, 9.17) is 4.74 Å². The molecule has 0 unspecified atom stereocenters. The molecule has 1 rings (SSSR count). The topological polar surface area (TPSA) is 58.5 Å². The Morgan fingerprint density at radius 2 is 2.26 bits per heavy atom. The molecule has 19 heavy (non-hydrogen) atoms. The number of nitrogens with one attached hydrogen (secondary N) is 2. The number of guanidine groups is 1. The van der Waals surface area contributed by atoms with Crippen LogP contribution in [0.4, 0.5) is 0 Å². The van der Waals surface area contributed by atoms with Crippen molar-refractivity contribution in [1.82, 2.24) is 15.6 Å². The zero-order valence-electron chi connectivity index (χ0n) is 11.2. The van der Waals surface area contributed by atoms with Gasteiger partial charge in [0, 0.05) is 44.6 Å². The molecule has 0 amide bonds. The van der Waals surface area contributed by atoms with Crippen LogP contribution in [-0.2, 0) is 4.74 Å². The Kier molecular flexibility index (Phi) is 12.9. The van der Waals surface area contributed by atoms with Crippen LogP contribution >= 0.6 is 47.1 Å². The number of hydrogen-bond donors (Lipinski definition) is 2. The van der Waals surface area contributed by atoms with E-state index in [1.165, 1.54) is 0 Å². The molecule has 0 saturated carbocycles. The summed E-state index contributed by atoms with van der Waals surface area (Å²) < 4.78 is 6.10. The molecular formula is C11H21IN4OS2. The number of thioether (sulfide) groups is 1. The number of ether oxygens (including phenoxy) is 1. The average Bonchev–Trinajstić information content (AvgIpc) is 2.89. The fourth-order valence-electron chi connectivity index (χ4n) is 1.21. The van der Waals surface area contributed by atoms with Crippen LogP contribution in [0.3, 0.4) is 0 Å². The second kappa shape index (κ2) is 12.9. The highest BCUT2D eigenvalue weighted by molar-refractivity contribution is 14.0. The van der Waals surface area contributed by atoms with Gasteiger partial charge in [0.1, 0.15) is 4.34 Å². The minimum atomic E-state index is 0. The van der Waals surface area contributed by atoms with Gasteiger partial charge in [0.15, 0.2) is 5.96 Å². The monoisotopic (exact) mass is 416 g/mol. The van der Waals surface area contributed by atoms with Gasteiger partial charge in [0.2, 0.25) is 0 Å². The molecule has 0 spiro atoms. The van der Waals surface area contributed by atoms with Gasteiger partial charge in [-0.05, 0) is 6.42 Å². The summed E-state index contributed by atoms with van der Waals surface area (Å²) in [4.78, 5) is 8.36. The maximum Gasteiger partial charge on any atom is 0.191 e. The van der Waals surface area contributed by atoms with Crippen molar-refractivity contribution in [2.45, 2.75) is 10.8 Å². The van der Waals surface area contributed by atoms with Crippen molar-refractivity contribution in [3.63, 3.8) is 0 Å². The van der Waals surface area contributed by atoms with E-state index in [0.717, 1.165) is 35.6 Å². The van der Waals surface area contributed by atoms with Crippen molar-refractivity contribution in [2.24, 2.45) is 4.99 Å². The molecule has 0 aliphatic carbocycles. The summed E-state index contributed by atoms with van der Waals surface area (Å²) in [6, 6.07) is 0. The summed E-state index contributed by atoms with van der Waals surface area (Å²) in [5, 5.41) is 8.44. The Balaban J connectivity index is 0.00000324. The van der Waals surface area contributed by atoms with E-state index in [1.54, 1.807) is 37.3 Å². The van der Waals surface area contributed by atoms with Crippen molar-refractivity contribution in [1.29, 1.82) is 0 Å². The molecule has 110 valence electrons. The molecule has 0 atom stereocenters. The molecule has 0 aromatic carbocycles. The fourth-order valence-corrected chi connectivity index (χ4v) is 2.86. The standard InChI is InChI=1S/C11H20N4OS2.HI/c1-12-10(14-5-7-16-2)13-4-3-8-17-11-15-6-9-18-11;/h6,9H,3-5,7-8H2,1-2H3,(H2,12,13,14);1H. The highest BCUT2D eigenvalue weighted by Crippen LogP contribution is 2.20. The van der Waals surface area contributed by atoms with Gasteiger partial charge in [-0.2, -0.15) is 0 Å². The van der Waals surface area contributed by atoms with Crippen molar-refractivity contribution in [2.75, 3.05) is 39.6 Å². The minimum absolute atomic E-state index is 0. The lowest BCUT2D eigenvalue weighted by Crippen LogP contribution is -2.39. The van der Waals surface area contributed by atoms with E-state index in [1.807, 2.05) is 11.6 Å². The number of hydrogen-bond acceptors (Lipinski definition) is 5. The van der Waals surface area contributed by atoms with Gasteiger partial charge in [0.05, 0.1) is 6.61 Å². The summed E-state index contributed by atoms with van der Waals surface area (Å²) in [6.07, 6.45) is 2.92. The highest BCUT2D eigenvalue weighted by Gasteiger charge is 1.98. The van der Waals surface area contributed by atoms with E-state index in [2.05, 4.69) is 20.6 Å². The van der Waals surface area contributed by atoms with Gasteiger partial charge >= 0.3 is 0 Å². The Morgan fingerprint density at radius 3 is 2.89 bits per heavy atom. The van der Waals surface area contributed by atoms with Gasteiger partial charge in [-0.3, -0.25) is 4.99 Å². The Morgan fingerprint density at radius 1 is 1.47 bits per heavy atom. The smallest absolute Gasteiger partial charge is 0.191 e. The quantitative estimate of drug-likeness (QED) is 0.223. The van der Waals surface area contributed by atoms with Gasteiger partial charge < -0.3 is 15.4 Å². The molecule has 0 saturated heterocycles. The van der Waals surface area contributed by atoms with Crippen molar-refractivity contribution in [3.05, 3.63) is 11.6 Å². The number of aromatic nitrogens is 1. The van der Waals surface area contributed by atoms with Crippen LogP contribution in [0.1, 0.15) is 6.42 Å². The first-order valence-corrected chi connectivity index (χ1v) is 7.69. The Bertz CT molecular complexity index is 335. The number of aliphatic imine (C=N–C) groups is 1. The molecular weight excluding hydrogens is 395 g/mol. The lowest BCUT2D eigenvalue weighted by Gasteiger charge is -2.10. The largest absolute Gasteiger partial charge is 0.383 e. The van der Waals surface area contributed by atoms with Crippen LogP contribution in [0.25, 0.3) is 0 Å². The SMILES string of the molecule is CN=C(NCCCSc1nccs1)NCCOC.I. The average molecular weight is 416 g/mol. The van der Waals surface area contributed by atoms with Gasteiger partial charge in [-0.15, -0.1) is 35.3 Å². The minimum Gasteiger partial charge on any atom is -0.383 e. The summed E-state index contributed by atoms with van der Waals surface area (Å²) in [6.45, 7) is 2.36. The molecule has 0 aliphatic heterocycles. The third-order valence-electron chi connectivity index (χ3n) is 2.07. The normalized spacial score (nSPS) is 10.9. The molecule has 1 heterocycles. The first-order valence-electron chi connectivity index (χ1n) is 5.82. The maximum atomic E-state index is 4.97. The van der Waals surface area contributed by atoms with Crippen molar-refractivity contribution < 1.29 is 4.74 Å². The third kappa shape index (κ3) is 9.47. The van der Waals surface area contributed by atoms with Crippen LogP contribution in [-0.4, -0.2) is 50.6 Å². The van der Waals surface area contributed by atoms with E-state index in [0.29, 0.717) is 6.61 Å². The molecule has 0 aliphatic rings. The molecule has 2 N–H and O–H groups in total. The maximum absolute atomic E-state index is 4.97. The second-order valence-corrected chi connectivity index (χ2v) is 5.66. The number of methoxy groups -OCH3 is 1. The Hall–Kier alpha value is -0.0600. The van der Waals surface area contributed by atoms with Crippen LogP contribution in [0.15, 0.2) is 20.9 Å². The van der Waals surface area contributed by atoms with Gasteiger partial charge in [-0.25, -0.2) is 4.98 Å². The van der Waals surface area contributed by atoms with Gasteiger partial charge in [0.25, 0.3) is 0 Å². The number of halogens is 1.